The molecule has 5 nitrogen and oxygen atoms in total. The number of nitrogens with zero attached hydrogens (tertiary/aromatic N) is 1. The van der Waals surface area contributed by atoms with Crippen LogP contribution in [0.2, 0.25) is 0 Å². The number of furan rings is 2. The van der Waals surface area contributed by atoms with E-state index in [-0.39, 0.29) is 18.1 Å². The molecule has 0 fully saturated rings. The summed E-state index contributed by atoms with van der Waals surface area (Å²) in [7, 11) is 0. The Morgan fingerprint density at radius 3 is 2.02 bits per heavy atom. The summed E-state index contributed by atoms with van der Waals surface area (Å²) in [6, 6.07) is 58.1. The van der Waals surface area contributed by atoms with Crippen molar-refractivity contribution in [3.8, 4) is 16.8 Å². The monoisotopic (exact) mass is 735 g/mol. The van der Waals surface area contributed by atoms with E-state index < -0.39 is 0 Å². The zero-order valence-electron chi connectivity index (χ0n) is 31.0. The minimum absolute atomic E-state index is 0.0142. The molecule has 0 radical (unpaired) electrons. The third-order valence-corrected chi connectivity index (χ3v) is 12.0. The van der Waals surface area contributed by atoms with Crippen LogP contribution in [0.15, 0.2) is 184 Å². The zero-order chi connectivity index (χ0) is 37.5. The molecule has 3 unspecified atom stereocenters. The Hall–Kier alpha value is -7.08. The fourth-order valence-electron chi connectivity index (χ4n) is 9.31. The maximum Gasteiger partial charge on any atom is 0.159 e. The van der Waals surface area contributed by atoms with Gasteiger partial charge in [0, 0.05) is 49.3 Å². The Bertz CT molecular complexity index is 3300. The highest BCUT2D eigenvalue weighted by Gasteiger charge is 2.28. The molecule has 2 N–H and O–H groups in total. The first-order valence-corrected chi connectivity index (χ1v) is 19.8. The van der Waals surface area contributed by atoms with Crippen molar-refractivity contribution in [3.63, 3.8) is 0 Å². The summed E-state index contributed by atoms with van der Waals surface area (Å²) < 4.78 is 16.0. The maximum absolute atomic E-state index is 6.85. The van der Waals surface area contributed by atoms with E-state index in [2.05, 4.69) is 197 Å². The third kappa shape index (κ3) is 5.13. The number of allylic oxidation sites excluding steroid dienone is 1. The molecular formula is C52H37N3O2. The Balaban J connectivity index is 0.948. The number of hydrogen-bond donors (Lipinski definition) is 2. The molecular weight excluding hydrogens is 699 g/mol. The fraction of sp³-hybridized carbons (Fsp3) is 0.0769. The maximum atomic E-state index is 6.85. The van der Waals surface area contributed by atoms with E-state index in [1.54, 1.807) is 0 Å². The Morgan fingerprint density at radius 1 is 0.544 bits per heavy atom. The number of hydrogen-bond acceptors (Lipinski definition) is 4. The van der Waals surface area contributed by atoms with Crippen LogP contribution in [-0.2, 0) is 0 Å². The first kappa shape index (κ1) is 32.2. The van der Waals surface area contributed by atoms with Crippen LogP contribution >= 0.6 is 0 Å². The lowest BCUT2D eigenvalue weighted by molar-refractivity contribution is 0.399. The van der Waals surface area contributed by atoms with Gasteiger partial charge in [0.1, 0.15) is 22.7 Å². The normalized spacial score (nSPS) is 18.0. The van der Waals surface area contributed by atoms with Gasteiger partial charge in [0.25, 0.3) is 0 Å². The number of para-hydroxylation sites is 4. The Kier molecular flexibility index (Phi) is 7.19. The van der Waals surface area contributed by atoms with Crippen molar-refractivity contribution in [1.82, 2.24) is 15.2 Å². The molecule has 0 bridgehead atoms. The second-order valence-corrected chi connectivity index (χ2v) is 15.3. The zero-order valence-corrected chi connectivity index (χ0v) is 31.0. The van der Waals surface area contributed by atoms with Crippen LogP contribution in [0.1, 0.15) is 29.8 Å². The van der Waals surface area contributed by atoms with Crippen LogP contribution in [-0.4, -0.2) is 4.57 Å². The molecule has 0 amide bonds. The van der Waals surface area contributed by atoms with Crippen LogP contribution in [0, 0.1) is 5.92 Å². The molecule has 0 spiro atoms. The van der Waals surface area contributed by atoms with Gasteiger partial charge in [-0.15, -0.1) is 0 Å². The summed E-state index contributed by atoms with van der Waals surface area (Å²) in [5.74, 6) is 0.150. The Labute approximate surface area is 328 Å². The van der Waals surface area contributed by atoms with Crippen LogP contribution in [0.3, 0.4) is 0 Å². The van der Waals surface area contributed by atoms with Gasteiger partial charge in [0.15, 0.2) is 5.58 Å². The lowest BCUT2D eigenvalue weighted by Gasteiger charge is -2.35. The second kappa shape index (κ2) is 12.7. The van der Waals surface area contributed by atoms with E-state index in [1.807, 2.05) is 0 Å². The molecule has 10 aromatic rings. The Morgan fingerprint density at radius 2 is 1.23 bits per heavy atom. The molecule has 3 aromatic heterocycles. The van der Waals surface area contributed by atoms with Crippen LogP contribution < -0.4 is 21.3 Å². The van der Waals surface area contributed by atoms with Crippen LogP contribution in [0.4, 0.5) is 0 Å². The smallest absolute Gasteiger partial charge is 0.159 e. The summed E-state index contributed by atoms with van der Waals surface area (Å²) in [4.78, 5) is 0. The van der Waals surface area contributed by atoms with Gasteiger partial charge in [-0.1, -0.05) is 140 Å². The van der Waals surface area contributed by atoms with Crippen molar-refractivity contribution in [2.45, 2.75) is 18.6 Å². The largest absolute Gasteiger partial charge is 0.456 e. The molecule has 57 heavy (non-hydrogen) atoms. The van der Waals surface area contributed by atoms with Gasteiger partial charge >= 0.3 is 0 Å². The van der Waals surface area contributed by atoms with Crippen molar-refractivity contribution < 1.29 is 8.83 Å². The second-order valence-electron chi connectivity index (χ2n) is 15.3. The first-order chi connectivity index (χ1) is 28.2. The fourth-order valence-corrected chi connectivity index (χ4v) is 9.31. The summed E-state index contributed by atoms with van der Waals surface area (Å²) >= 11 is 0. The number of nitrogens with one attached hydrogen (secondary N) is 2. The van der Waals surface area contributed by atoms with E-state index in [0.29, 0.717) is 0 Å². The number of aromatic nitrogens is 1. The average Bonchev–Trinajstić information content (AvgIpc) is 3.96. The standard InChI is InChI=1S/C52H37N3O2/c1-3-13-32(14-4-1)43-31-44(54-52(53-43)33-15-5-2-6-16-33)35-26-28-39-41-20-11-19-36(50(41)56-49(39)30-35)34-25-27-40-42-21-12-24-47(51(42)57-48(40)29-34)55-45-22-9-7-17-37(45)38-18-8-10-23-46(38)55/h1-25,27-31,35,43,52-54H,26H2. The van der Waals surface area contributed by atoms with Crippen molar-refractivity contribution in [1.29, 1.82) is 0 Å². The summed E-state index contributed by atoms with van der Waals surface area (Å²) in [5.41, 5.74) is 12.7. The molecule has 12 rings (SSSR count). The predicted octanol–water partition coefficient (Wildman–Crippen LogP) is 11.2. The molecule has 0 saturated heterocycles. The van der Waals surface area contributed by atoms with Crippen LogP contribution in [0.25, 0.3) is 83.7 Å². The van der Waals surface area contributed by atoms with Crippen molar-refractivity contribution in [2.24, 2.45) is 5.92 Å². The average molecular weight is 736 g/mol. The van der Waals surface area contributed by atoms with E-state index in [0.717, 1.165) is 77.8 Å². The molecule has 2 aliphatic rings. The van der Waals surface area contributed by atoms with E-state index in [9.17, 15) is 0 Å². The quantitative estimate of drug-likeness (QED) is 0.185. The SMILES string of the molecule is C1=C(C2C=c3oc4c(-c5ccc6c(c5)oc5c(-n7c8ccccc8c8ccccc87)cccc56)cccc4c3=CC2)NC(c2ccccc2)NC1c1ccccc1. The van der Waals surface area contributed by atoms with Gasteiger partial charge < -0.3 is 18.7 Å². The lowest BCUT2D eigenvalue weighted by Crippen LogP contribution is -2.42. The minimum atomic E-state index is -0.0142. The number of rotatable bonds is 5. The van der Waals surface area contributed by atoms with Crippen molar-refractivity contribution in [2.75, 3.05) is 0 Å². The summed E-state index contributed by atoms with van der Waals surface area (Å²) in [5, 5.41) is 14.6. The first-order valence-electron chi connectivity index (χ1n) is 19.8. The molecule has 3 atom stereocenters. The molecule has 7 aromatic carbocycles. The van der Waals surface area contributed by atoms with Gasteiger partial charge in [-0.3, -0.25) is 5.32 Å². The number of fused-ring (bicyclic) bond motifs is 9. The molecule has 272 valence electrons. The van der Waals surface area contributed by atoms with E-state index in [1.165, 1.54) is 27.6 Å². The van der Waals surface area contributed by atoms with E-state index in [4.69, 9.17) is 8.83 Å². The highest BCUT2D eigenvalue weighted by atomic mass is 16.3. The summed E-state index contributed by atoms with van der Waals surface area (Å²) in [6.07, 6.45) is 7.88. The number of benzene rings is 7. The van der Waals surface area contributed by atoms with Gasteiger partial charge in [0.2, 0.25) is 0 Å². The van der Waals surface area contributed by atoms with Crippen molar-refractivity contribution in [3.05, 3.63) is 197 Å². The third-order valence-electron chi connectivity index (χ3n) is 12.0. The highest BCUT2D eigenvalue weighted by Crippen LogP contribution is 2.40. The molecule has 1 aliphatic carbocycles. The van der Waals surface area contributed by atoms with Gasteiger partial charge in [0.05, 0.1) is 22.8 Å². The van der Waals surface area contributed by atoms with Gasteiger partial charge in [-0.05, 0) is 65.6 Å². The predicted molar refractivity (Wildman–Crippen MR) is 232 cm³/mol. The van der Waals surface area contributed by atoms with Crippen LogP contribution in [0.5, 0.6) is 0 Å². The highest BCUT2D eigenvalue weighted by molar-refractivity contribution is 6.13. The van der Waals surface area contributed by atoms with Crippen molar-refractivity contribution >= 4 is 66.9 Å². The lowest BCUT2D eigenvalue weighted by atomic mass is 9.91. The molecule has 1 aliphatic heterocycles. The molecule has 0 saturated carbocycles. The topological polar surface area (TPSA) is 55.3 Å². The van der Waals surface area contributed by atoms with Gasteiger partial charge in [-0.2, -0.15) is 0 Å². The molecule has 5 heteroatoms. The minimum Gasteiger partial charge on any atom is -0.456 e. The van der Waals surface area contributed by atoms with Gasteiger partial charge in [-0.25, -0.2) is 0 Å². The molecule has 4 heterocycles. The van der Waals surface area contributed by atoms with E-state index >= 15 is 0 Å². The summed E-state index contributed by atoms with van der Waals surface area (Å²) in [6.45, 7) is 0.